The third-order valence-corrected chi connectivity index (χ3v) is 1.62. The van der Waals surface area contributed by atoms with E-state index in [1.165, 1.54) is 13.0 Å². The van der Waals surface area contributed by atoms with Gasteiger partial charge in [0.05, 0.1) is 0 Å². The molecule has 0 radical (unpaired) electrons. The van der Waals surface area contributed by atoms with Crippen molar-refractivity contribution >= 4 is 17.8 Å². The molecule has 0 amide bonds. The lowest BCUT2D eigenvalue weighted by molar-refractivity contribution is 0.101. The van der Waals surface area contributed by atoms with Crippen molar-refractivity contribution in [1.82, 2.24) is 0 Å². The number of hydrogen-bond acceptors (Lipinski definition) is 3. The molecule has 12 heavy (non-hydrogen) atoms. The Bertz CT molecular complexity index is 331. The highest BCUT2D eigenvalue weighted by atomic mass is 16.1. The fourth-order valence-corrected chi connectivity index (χ4v) is 0.896. The van der Waals surface area contributed by atoms with Gasteiger partial charge in [0, 0.05) is 16.8 Å². The minimum atomic E-state index is -0.0712. The van der Waals surface area contributed by atoms with Crippen LogP contribution < -0.4 is 5.73 Å². The Hall–Kier alpha value is -1.64. The van der Waals surface area contributed by atoms with Crippen molar-refractivity contribution in [2.75, 3.05) is 5.73 Å². The molecule has 0 fully saturated rings. The minimum Gasteiger partial charge on any atom is -0.398 e. The molecular weight excluding hydrogens is 154 g/mol. The van der Waals surface area contributed by atoms with E-state index in [1.54, 1.807) is 12.1 Å². The van der Waals surface area contributed by atoms with Crippen molar-refractivity contribution in [2.45, 2.75) is 6.92 Å². The van der Waals surface area contributed by atoms with Gasteiger partial charge < -0.3 is 5.73 Å². The van der Waals surface area contributed by atoms with Crippen molar-refractivity contribution in [3.8, 4) is 0 Å². The third-order valence-electron chi connectivity index (χ3n) is 1.62. The monoisotopic (exact) mass is 163 g/mol. The highest BCUT2D eigenvalue weighted by molar-refractivity contribution is 5.97. The normalized spacial score (nSPS) is 9.42. The van der Waals surface area contributed by atoms with Gasteiger partial charge in [-0.15, -0.1) is 0 Å². The molecule has 0 aliphatic heterocycles. The molecule has 0 heterocycles. The molecule has 1 rings (SSSR count). The van der Waals surface area contributed by atoms with Crippen LogP contribution in [0.5, 0.6) is 0 Å². The number of hydrogen-bond donors (Lipinski definition) is 1. The first-order valence-corrected chi connectivity index (χ1v) is 3.51. The van der Waals surface area contributed by atoms with E-state index >= 15 is 0 Å². The number of nitrogens with two attached hydrogens (primary N) is 1. The molecule has 1 aromatic carbocycles. The molecular formula is C9H9NO2. The smallest absolute Gasteiger partial charge is 0.159 e. The second-order valence-electron chi connectivity index (χ2n) is 2.52. The predicted molar refractivity (Wildman–Crippen MR) is 46.2 cm³/mol. The van der Waals surface area contributed by atoms with Crippen LogP contribution in [0.3, 0.4) is 0 Å². The molecule has 0 unspecified atom stereocenters. The molecule has 3 nitrogen and oxygen atoms in total. The SMILES string of the molecule is CC(=O)c1ccc(N)c(C=O)c1. The molecule has 0 bridgehead atoms. The number of anilines is 1. The van der Waals surface area contributed by atoms with Crippen LogP contribution in [0.25, 0.3) is 0 Å². The highest BCUT2D eigenvalue weighted by Gasteiger charge is 2.02. The second-order valence-corrected chi connectivity index (χ2v) is 2.52. The Kier molecular flexibility index (Phi) is 2.24. The molecule has 62 valence electrons. The van der Waals surface area contributed by atoms with E-state index in [0.29, 0.717) is 23.1 Å². The van der Waals surface area contributed by atoms with Crippen molar-refractivity contribution in [3.63, 3.8) is 0 Å². The summed E-state index contributed by atoms with van der Waals surface area (Å²) >= 11 is 0. The summed E-state index contributed by atoms with van der Waals surface area (Å²) in [5, 5.41) is 0. The van der Waals surface area contributed by atoms with E-state index in [2.05, 4.69) is 0 Å². The molecule has 0 aliphatic rings. The number of rotatable bonds is 2. The van der Waals surface area contributed by atoms with Gasteiger partial charge in [-0.2, -0.15) is 0 Å². The van der Waals surface area contributed by atoms with Crippen LogP contribution in [0.15, 0.2) is 18.2 Å². The first kappa shape index (κ1) is 8.46. The van der Waals surface area contributed by atoms with Crippen LogP contribution in [0, 0.1) is 0 Å². The summed E-state index contributed by atoms with van der Waals surface area (Å²) in [6.07, 6.45) is 0.641. The lowest BCUT2D eigenvalue weighted by Crippen LogP contribution is -1.97. The Labute approximate surface area is 70.2 Å². The molecule has 1 aromatic rings. The van der Waals surface area contributed by atoms with Gasteiger partial charge in [0.2, 0.25) is 0 Å². The maximum Gasteiger partial charge on any atom is 0.159 e. The van der Waals surface area contributed by atoms with E-state index in [0.717, 1.165) is 0 Å². The summed E-state index contributed by atoms with van der Waals surface area (Å²) in [5.74, 6) is -0.0712. The van der Waals surface area contributed by atoms with Gasteiger partial charge in [-0.1, -0.05) is 0 Å². The molecule has 0 spiro atoms. The van der Waals surface area contributed by atoms with Crippen LogP contribution in [0.2, 0.25) is 0 Å². The van der Waals surface area contributed by atoms with Gasteiger partial charge >= 0.3 is 0 Å². The maximum atomic E-state index is 10.9. The average Bonchev–Trinajstić information content (AvgIpc) is 2.05. The van der Waals surface area contributed by atoms with Crippen molar-refractivity contribution in [1.29, 1.82) is 0 Å². The van der Waals surface area contributed by atoms with E-state index in [-0.39, 0.29) is 5.78 Å². The van der Waals surface area contributed by atoms with Crippen LogP contribution in [-0.4, -0.2) is 12.1 Å². The number of carbonyl (C=O) groups is 2. The first-order valence-electron chi connectivity index (χ1n) is 3.51. The van der Waals surface area contributed by atoms with Gasteiger partial charge in [0.1, 0.15) is 0 Å². The fraction of sp³-hybridized carbons (Fsp3) is 0.111. The lowest BCUT2D eigenvalue weighted by Gasteiger charge is -1.99. The highest BCUT2D eigenvalue weighted by Crippen LogP contribution is 2.12. The zero-order chi connectivity index (χ0) is 9.14. The number of nitrogen functional groups attached to an aromatic ring is 1. The second kappa shape index (κ2) is 3.17. The van der Waals surface area contributed by atoms with E-state index in [1.807, 2.05) is 0 Å². The maximum absolute atomic E-state index is 10.9. The Morgan fingerprint density at radius 3 is 2.67 bits per heavy atom. The van der Waals surface area contributed by atoms with Crippen molar-refractivity contribution < 1.29 is 9.59 Å². The number of Topliss-reactive ketones (excluding diaryl/α,β-unsaturated/α-hetero) is 1. The third kappa shape index (κ3) is 1.50. The largest absolute Gasteiger partial charge is 0.398 e. The summed E-state index contributed by atoms with van der Waals surface area (Å²) in [7, 11) is 0. The average molecular weight is 163 g/mol. The molecule has 0 saturated carbocycles. The minimum absolute atomic E-state index is 0.0712. The summed E-state index contributed by atoms with van der Waals surface area (Å²) in [4.78, 5) is 21.3. The van der Waals surface area contributed by atoms with Gasteiger partial charge in [0.25, 0.3) is 0 Å². The van der Waals surface area contributed by atoms with Crippen LogP contribution in [-0.2, 0) is 0 Å². The summed E-state index contributed by atoms with van der Waals surface area (Å²) in [6, 6.07) is 4.65. The van der Waals surface area contributed by atoms with E-state index in [4.69, 9.17) is 5.73 Å². The van der Waals surface area contributed by atoms with Gasteiger partial charge in [-0.05, 0) is 25.1 Å². The summed E-state index contributed by atoms with van der Waals surface area (Å²) < 4.78 is 0. The van der Waals surface area contributed by atoms with Crippen LogP contribution in [0.4, 0.5) is 5.69 Å². The zero-order valence-electron chi connectivity index (χ0n) is 6.70. The molecule has 0 saturated heterocycles. The van der Waals surface area contributed by atoms with Crippen molar-refractivity contribution in [3.05, 3.63) is 29.3 Å². The van der Waals surface area contributed by atoms with Gasteiger partial charge in [-0.3, -0.25) is 9.59 Å². The number of benzene rings is 1. The van der Waals surface area contributed by atoms with E-state index in [9.17, 15) is 9.59 Å². The fourth-order valence-electron chi connectivity index (χ4n) is 0.896. The molecule has 3 heteroatoms. The molecule has 0 aromatic heterocycles. The number of aldehydes is 1. The van der Waals surface area contributed by atoms with E-state index < -0.39 is 0 Å². The van der Waals surface area contributed by atoms with Crippen LogP contribution in [0.1, 0.15) is 27.6 Å². The Balaban J connectivity index is 3.22. The Morgan fingerprint density at radius 1 is 1.50 bits per heavy atom. The summed E-state index contributed by atoms with van der Waals surface area (Å²) in [6.45, 7) is 1.44. The molecule has 2 N–H and O–H groups in total. The molecule has 0 aliphatic carbocycles. The Morgan fingerprint density at radius 2 is 2.17 bits per heavy atom. The quantitative estimate of drug-likeness (QED) is 0.406. The standard InChI is InChI=1S/C9H9NO2/c1-6(12)7-2-3-9(10)8(4-7)5-11/h2-5H,10H2,1H3. The topological polar surface area (TPSA) is 60.2 Å². The number of ketones is 1. The zero-order valence-corrected chi connectivity index (χ0v) is 6.70. The van der Waals surface area contributed by atoms with Gasteiger partial charge in [-0.25, -0.2) is 0 Å². The van der Waals surface area contributed by atoms with Gasteiger partial charge in [0.15, 0.2) is 12.1 Å². The lowest BCUT2D eigenvalue weighted by atomic mass is 10.1. The predicted octanol–water partition coefficient (Wildman–Crippen LogP) is 1.28. The summed E-state index contributed by atoms with van der Waals surface area (Å²) in [5.41, 5.74) is 6.73. The molecule has 0 atom stereocenters. The van der Waals surface area contributed by atoms with Crippen molar-refractivity contribution in [2.24, 2.45) is 0 Å². The number of carbonyl (C=O) groups excluding carboxylic acids is 2. The van der Waals surface area contributed by atoms with Crippen LogP contribution >= 0.6 is 0 Å². The first-order chi connectivity index (χ1) is 5.65.